The Kier molecular flexibility index (Phi) is 5.29. The van der Waals surface area contributed by atoms with Crippen LogP contribution in [-0.4, -0.2) is 23.0 Å². The molecule has 104 valence electrons. The highest BCUT2D eigenvalue weighted by molar-refractivity contribution is 5.98. The summed E-state index contributed by atoms with van der Waals surface area (Å²) in [6, 6.07) is 3.74. The van der Waals surface area contributed by atoms with Crippen molar-refractivity contribution in [2.45, 2.75) is 32.7 Å². The molecule has 1 aromatic carbocycles. The van der Waals surface area contributed by atoms with Crippen molar-refractivity contribution in [1.29, 1.82) is 0 Å². The van der Waals surface area contributed by atoms with E-state index in [-0.39, 0.29) is 11.4 Å². The first kappa shape index (κ1) is 14.9. The zero-order valence-corrected chi connectivity index (χ0v) is 11.0. The number of hydrogen-bond donors (Lipinski definition) is 3. The number of nitrogens with zero attached hydrogens (tertiary/aromatic N) is 1. The SMILES string of the molecule is CCCC(NC(=O)c1ccc(C)cc1F)C(N)=NO. The first-order chi connectivity index (χ1) is 8.99. The van der Waals surface area contributed by atoms with Crippen molar-refractivity contribution in [1.82, 2.24) is 5.32 Å². The normalized spacial score (nSPS) is 13.1. The van der Waals surface area contributed by atoms with Gasteiger partial charge in [0.15, 0.2) is 5.84 Å². The third kappa shape index (κ3) is 3.94. The number of nitrogens with two attached hydrogens (primary N) is 1. The van der Waals surface area contributed by atoms with Gasteiger partial charge in [-0.2, -0.15) is 0 Å². The van der Waals surface area contributed by atoms with Crippen molar-refractivity contribution in [3.05, 3.63) is 35.1 Å². The monoisotopic (exact) mass is 267 g/mol. The molecular formula is C13H18FN3O2. The summed E-state index contributed by atoms with van der Waals surface area (Å²) in [5, 5.41) is 14.1. The van der Waals surface area contributed by atoms with Gasteiger partial charge < -0.3 is 16.3 Å². The van der Waals surface area contributed by atoms with Crippen molar-refractivity contribution in [2.24, 2.45) is 10.9 Å². The fraction of sp³-hybridized carbons (Fsp3) is 0.385. The van der Waals surface area contributed by atoms with Gasteiger partial charge in [0.25, 0.3) is 5.91 Å². The number of aryl methyl sites for hydroxylation is 1. The molecule has 1 rings (SSSR count). The minimum Gasteiger partial charge on any atom is -0.409 e. The lowest BCUT2D eigenvalue weighted by Gasteiger charge is -2.16. The largest absolute Gasteiger partial charge is 0.409 e. The molecule has 19 heavy (non-hydrogen) atoms. The zero-order chi connectivity index (χ0) is 14.4. The maximum atomic E-state index is 13.6. The molecule has 0 radical (unpaired) electrons. The van der Waals surface area contributed by atoms with Gasteiger partial charge in [-0.25, -0.2) is 4.39 Å². The molecule has 6 heteroatoms. The minimum atomic E-state index is -0.608. The molecular weight excluding hydrogens is 249 g/mol. The van der Waals surface area contributed by atoms with E-state index in [1.807, 2.05) is 6.92 Å². The van der Waals surface area contributed by atoms with E-state index in [1.54, 1.807) is 13.0 Å². The van der Waals surface area contributed by atoms with E-state index in [9.17, 15) is 9.18 Å². The number of amides is 1. The van der Waals surface area contributed by atoms with E-state index >= 15 is 0 Å². The summed E-state index contributed by atoms with van der Waals surface area (Å²) in [5.41, 5.74) is 6.16. The van der Waals surface area contributed by atoms with Crippen LogP contribution in [0.15, 0.2) is 23.4 Å². The molecule has 0 heterocycles. The Labute approximate surface area is 111 Å². The summed E-state index contributed by atoms with van der Waals surface area (Å²) in [4.78, 5) is 11.9. The molecule has 0 spiro atoms. The first-order valence-corrected chi connectivity index (χ1v) is 6.04. The van der Waals surface area contributed by atoms with Crippen molar-refractivity contribution >= 4 is 11.7 Å². The number of nitrogens with one attached hydrogen (secondary N) is 1. The molecule has 0 bridgehead atoms. The Bertz CT molecular complexity index is 489. The van der Waals surface area contributed by atoms with E-state index in [4.69, 9.17) is 10.9 Å². The van der Waals surface area contributed by atoms with Gasteiger partial charge in [-0.1, -0.05) is 24.6 Å². The van der Waals surface area contributed by atoms with Crippen LogP contribution in [0.3, 0.4) is 0 Å². The molecule has 5 nitrogen and oxygen atoms in total. The van der Waals surface area contributed by atoms with Crippen molar-refractivity contribution in [2.75, 3.05) is 0 Å². The molecule has 0 saturated heterocycles. The lowest BCUT2D eigenvalue weighted by Crippen LogP contribution is -2.44. The molecule has 4 N–H and O–H groups in total. The molecule has 0 aromatic heterocycles. The van der Waals surface area contributed by atoms with Gasteiger partial charge in [-0.15, -0.1) is 0 Å². The zero-order valence-electron chi connectivity index (χ0n) is 11.0. The van der Waals surface area contributed by atoms with E-state index in [0.29, 0.717) is 6.42 Å². The Hall–Kier alpha value is -2.11. The minimum absolute atomic E-state index is 0.0579. The van der Waals surface area contributed by atoms with Crippen LogP contribution >= 0.6 is 0 Å². The van der Waals surface area contributed by atoms with Gasteiger partial charge in [0.1, 0.15) is 5.82 Å². The fourth-order valence-corrected chi connectivity index (χ4v) is 1.69. The Morgan fingerprint density at radius 3 is 2.79 bits per heavy atom. The predicted octanol–water partition coefficient (Wildman–Crippen LogP) is 1.78. The smallest absolute Gasteiger partial charge is 0.254 e. The molecule has 0 aliphatic heterocycles. The predicted molar refractivity (Wildman–Crippen MR) is 70.7 cm³/mol. The molecule has 0 aliphatic carbocycles. The lowest BCUT2D eigenvalue weighted by molar-refractivity contribution is 0.0941. The van der Waals surface area contributed by atoms with Gasteiger partial charge in [0.2, 0.25) is 0 Å². The second-order valence-corrected chi connectivity index (χ2v) is 4.32. The highest BCUT2D eigenvalue weighted by Gasteiger charge is 2.19. The van der Waals surface area contributed by atoms with Gasteiger partial charge in [-0.05, 0) is 31.0 Å². The fourth-order valence-electron chi connectivity index (χ4n) is 1.69. The standard InChI is InChI=1S/C13H18FN3O2/c1-3-4-11(12(15)17-19)16-13(18)9-6-5-8(2)7-10(9)14/h5-7,11,19H,3-4H2,1-2H3,(H2,15,17)(H,16,18). The van der Waals surface area contributed by atoms with Crippen molar-refractivity contribution in [3.63, 3.8) is 0 Å². The van der Waals surface area contributed by atoms with Crippen LogP contribution in [-0.2, 0) is 0 Å². The van der Waals surface area contributed by atoms with Crippen LogP contribution in [0.5, 0.6) is 0 Å². The maximum absolute atomic E-state index is 13.6. The van der Waals surface area contributed by atoms with E-state index in [0.717, 1.165) is 12.0 Å². The Balaban J connectivity index is 2.87. The summed E-state index contributed by atoms with van der Waals surface area (Å²) in [6.45, 7) is 3.64. The Morgan fingerprint density at radius 1 is 1.58 bits per heavy atom. The molecule has 0 saturated carbocycles. The summed E-state index contributed by atoms with van der Waals surface area (Å²) >= 11 is 0. The van der Waals surface area contributed by atoms with Crippen LogP contribution < -0.4 is 11.1 Å². The molecule has 0 aliphatic rings. The van der Waals surface area contributed by atoms with Gasteiger partial charge in [-0.3, -0.25) is 4.79 Å². The first-order valence-electron chi connectivity index (χ1n) is 6.04. The Morgan fingerprint density at radius 2 is 2.26 bits per heavy atom. The number of carbonyl (C=O) groups excluding carboxylic acids is 1. The van der Waals surface area contributed by atoms with E-state index in [1.165, 1.54) is 12.1 Å². The van der Waals surface area contributed by atoms with Crippen molar-refractivity contribution in [3.8, 4) is 0 Å². The van der Waals surface area contributed by atoms with Crippen LogP contribution in [0, 0.1) is 12.7 Å². The average Bonchev–Trinajstić information content (AvgIpc) is 2.37. The number of rotatable bonds is 5. The number of halogens is 1. The quantitative estimate of drug-likeness (QED) is 0.329. The molecule has 1 aromatic rings. The second kappa shape index (κ2) is 6.72. The maximum Gasteiger partial charge on any atom is 0.254 e. The summed E-state index contributed by atoms with van der Waals surface area (Å²) in [5.74, 6) is -1.27. The summed E-state index contributed by atoms with van der Waals surface area (Å²) in [7, 11) is 0. The molecule has 1 unspecified atom stereocenters. The molecule has 1 amide bonds. The number of oxime groups is 1. The van der Waals surface area contributed by atoms with Crippen LogP contribution in [0.4, 0.5) is 4.39 Å². The number of amidine groups is 1. The topological polar surface area (TPSA) is 87.7 Å². The van der Waals surface area contributed by atoms with Crippen molar-refractivity contribution < 1.29 is 14.4 Å². The van der Waals surface area contributed by atoms with Crippen LogP contribution in [0.1, 0.15) is 35.7 Å². The van der Waals surface area contributed by atoms with E-state index < -0.39 is 17.8 Å². The number of hydrogen-bond acceptors (Lipinski definition) is 3. The molecule has 1 atom stereocenters. The third-order valence-electron chi connectivity index (χ3n) is 2.72. The highest BCUT2D eigenvalue weighted by Crippen LogP contribution is 2.10. The number of carbonyl (C=O) groups is 1. The average molecular weight is 267 g/mol. The number of benzene rings is 1. The molecule has 0 fully saturated rings. The van der Waals surface area contributed by atoms with Gasteiger partial charge >= 0.3 is 0 Å². The summed E-state index contributed by atoms with van der Waals surface area (Å²) < 4.78 is 13.6. The van der Waals surface area contributed by atoms with Crippen LogP contribution in [0.2, 0.25) is 0 Å². The second-order valence-electron chi connectivity index (χ2n) is 4.32. The van der Waals surface area contributed by atoms with Crippen LogP contribution in [0.25, 0.3) is 0 Å². The highest BCUT2D eigenvalue weighted by atomic mass is 19.1. The third-order valence-corrected chi connectivity index (χ3v) is 2.72. The van der Waals surface area contributed by atoms with Gasteiger partial charge in [0.05, 0.1) is 11.6 Å². The lowest BCUT2D eigenvalue weighted by atomic mass is 10.1. The van der Waals surface area contributed by atoms with E-state index in [2.05, 4.69) is 10.5 Å². The summed E-state index contributed by atoms with van der Waals surface area (Å²) in [6.07, 6.45) is 1.24. The van der Waals surface area contributed by atoms with Gasteiger partial charge in [0, 0.05) is 0 Å².